The molecular weight excluding hydrogens is 312 g/mol. The number of nitrogens with zero attached hydrogens (tertiary/aromatic N) is 8. The van der Waals surface area contributed by atoms with Crippen molar-refractivity contribution in [2.24, 2.45) is 5.92 Å². The van der Waals surface area contributed by atoms with E-state index in [2.05, 4.69) is 44.3 Å². The third kappa shape index (κ3) is 2.27. The van der Waals surface area contributed by atoms with Crippen LogP contribution < -0.4 is 0 Å². The van der Waals surface area contributed by atoms with Crippen LogP contribution in [0.4, 0.5) is 0 Å². The van der Waals surface area contributed by atoms with Crippen molar-refractivity contribution in [1.82, 2.24) is 39.4 Å². The Morgan fingerprint density at radius 3 is 2.74 bits per heavy atom. The van der Waals surface area contributed by atoms with E-state index in [1.54, 1.807) is 4.52 Å². The Balaban J connectivity index is 1.88. The average molecular weight is 328 g/mol. The summed E-state index contributed by atoms with van der Waals surface area (Å²) in [5.41, 5.74) is 1.95. The lowest BCUT2D eigenvalue weighted by atomic mass is 10.1. The Hall–Kier alpha value is -2.42. The van der Waals surface area contributed by atoms with Gasteiger partial charge in [0.2, 0.25) is 10.8 Å². The Morgan fingerprint density at radius 2 is 1.96 bits per heavy atom. The molecule has 0 radical (unpaired) electrons. The normalized spacial score (nSPS) is 12.0. The molecule has 4 heterocycles. The Kier molecular flexibility index (Phi) is 3.12. The third-order valence-electron chi connectivity index (χ3n) is 3.53. The molecule has 4 rings (SSSR count). The number of hydrogen-bond acceptors (Lipinski definition) is 7. The predicted molar refractivity (Wildman–Crippen MR) is 86.5 cm³/mol. The van der Waals surface area contributed by atoms with E-state index >= 15 is 0 Å². The van der Waals surface area contributed by atoms with Crippen LogP contribution in [0.25, 0.3) is 21.6 Å². The fraction of sp³-hybridized carbons (Fsp3) is 0.429. The molecule has 0 aliphatic carbocycles. The number of hydrogen-bond donors (Lipinski definition) is 0. The van der Waals surface area contributed by atoms with E-state index in [-0.39, 0.29) is 0 Å². The first kappa shape index (κ1) is 14.2. The highest BCUT2D eigenvalue weighted by molar-refractivity contribution is 7.19. The highest BCUT2D eigenvalue weighted by Gasteiger charge is 2.19. The Bertz CT molecular complexity index is 1010. The molecule has 0 spiro atoms. The summed E-state index contributed by atoms with van der Waals surface area (Å²) < 4.78 is 3.72. The molecule has 0 fully saturated rings. The summed E-state index contributed by atoms with van der Waals surface area (Å²) in [5.74, 6) is 2.65. The van der Waals surface area contributed by atoms with Crippen molar-refractivity contribution < 1.29 is 0 Å². The van der Waals surface area contributed by atoms with Gasteiger partial charge in [-0.05, 0) is 25.8 Å². The van der Waals surface area contributed by atoms with Gasteiger partial charge in [0.25, 0.3) is 5.78 Å². The molecule has 9 heteroatoms. The molecule has 0 aromatic carbocycles. The quantitative estimate of drug-likeness (QED) is 0.572. The molecular formula is C14H16N8S. The topological polar surface area (TPSA) is 86.2 Å². The average Bonchev–Trinajstić information content (AvgIpc) is 3.12. The minimum absolute atomic E-state index is 0.496. The van der Waals surface area contributed by atoms with E-state index < -0.39 is 0 Å². The van der Waals surface area contributed by atoms with Gasteiger partial charge in [-0.2, -0.15) is 4.52 Å². The van der Waals surface area contributed by atoms with E-state index in [0.29, 0.717) is 17.5 Å². The molecule has 4 aromatic heterocycles. The Labute approximate surface area is 136 Å². The molecule has 0 amide bonds. The first-order valence-corrected chi connectivity index (χ1v) is 8.25. The second-order valence-corrected chi connectivity index (χ2v) is 6.97. The first-order chi connectivity index (χ1) is 11.0. The van der Waals surface area contributed by atoms with Crippen LogP contribution in [-0.2, 0) is 6.42 Å². The molecule has 4 aromatic rings. The maximum atomic E-state index is 4.64. The molecule has 0 bridgehead atoms. The summed E-state index contributed by atoms with van der Waals surface area (Å²) in [7, 11) is 0. The van der Waals surface area contributed by atoms with E-state index in [9.17, 15) is 0 Å². The fourth-order valence-electron chi connectivity index (χ4n) is 2.61. The number of aromatic nitrogens is 8. The van der Waals surface area contributed by atoms with Gasteiger partial charge in [-0.25, -0.2) is 4.98 Å². The highest BCUT2D eigenvalue weighted by atomic mass is 32.1. The van der Waals surface area contributed by atoms with Crippen molar-refractivity contribution in [3.63, 3.8) is 0 Å². The van der Waals surface area contributed by atoms with Gasteiger partial charge in [0, 0.05) is 17.8 Å². The summed E-state index contributed by atoms with van der Waals surface area (Å²) in [6, 6.07) is 2.00. The minimum atomic E-state index is 0.496. The summed E-state index contributed by atoms with van der Waals surface area (Å²) in [6.45, 7) is 8.26. The van der Waals surface area contributed by atoms with Crippen LogP contribution in [0.3, 0.4) is 0 Å². The van der Waals surface area contributed by atoms with Crippen molar-refractivity contribution >= 4 is 22.1 Å². The van der Waals surface area contributed by atoms with Gasteiger partial charge in [0.1, 0.15) is 0 Å². The van der Waals surface area contributed by atoms with Crippen LogP contribution in [0.5, 0.6) is 0 Å². The first-order valence-electron chi connectivity index (χ1n) is 7.44. The van der Waals surface area contributed by atoms with Crippen molar-refractivity contribution in [3.05, 3.63) is 23.3 Å². The zero-order valence-electron chi connectivity index (χ0n) is 13.3. The molecule has 23 heavy (non-hydrogen) atoms. The number of aryl methyl sites for hydroxylation is 2. The van der Waals surface area contributed by atoms with Crippen molar-refractivity contribution in [1.29, 1.82) is 0 Å². The molecule has 0 saturated carbocycles. The van der Waals surface area contributed by atoms with Crippen LogP contribution in [0.15, 0.2) is 6.07 Å². The SMILES string of the molecule is Cc1cc(C)n2c(-c3nn4c(CC(C)C)nnc4s3)nnc2n1. The molecule has 0 atom stereocenters. The van der Waals surface area contributed by atoms with E-state index in [4.69, 9.17) is 0 Å². The third-order valence-corrected chi connectivity index (χ3v) is 4.43. The molecule has 0 aliphatic rings. The van der Waals surface area contributed by atoms with Gasteiger partial charge in [0.15, 0.2) is 10.8 Å². The van der Waals surface area contributed by atoms with Crippen LogP contribution in [0, 0.1) is 19.8 Å². The van der Waals surface area contributed by atoms with Crippen LogP contribution >= 0.6 is 11.3 Å². The van der Waals surface area contributed by atoms with E-state index in [1.807, 2.05) is 24.3 Å². The molecule has 0 saturated heterocycles. The lowest BCUT2D eigenvalue weighted by molar-refractivity contribution is 0.607. The van der Waals surface area contributed by atoms with Gasteiger partial charge in [-0.3, -0.25) is 4.40 Å². The highest BCUT2D eigenvalue weighted by Crippen LogP contribution is 2.25. The summed E-state index contributed by atoms with van der Waals surface area (Å²) >= 11 is 1.46. The van der Waals surface area contributed by atoms with E-state index in [0.717, 1.165) is 33.6 Å². The monoisotopic (exact) mass is 328 g/mol. The Morgan fingerprint density at radius 1 is 1.13 bits per heavy atom. The number of rotatable bonds is 3. The maximum absolute atomic E-state index is 4.64. The minimum Gasteiger partial charge on any atom is -0.262 e. The molecule has 8 nitrogen and oxygen atoms in total. The van der Waals surface area contributed by atoms with Crippen LogP contribution in [0.2, 0.25) is 0 Å². The maximum Gasteiger partial charge on any atom is 0.255 e. The van der Waals surface area contributed by atoms with E-state index in [1.165, 1.54) is 11.3 Å². The lowest BCUT2D eigenvalue weighted by Crippen LogP contribution is -2.02. The second-order valence-electron chi connectivity index (χ2n) is 6.01. The van der Waals surface area contributed by atoms with Gasteiger partial charge in [0.05, 0.1) is 0 Å². The van der Waals surface area contributed by atoms with Crippen molar-refractivity contribution in [3.8, 4) is 10.8 Å². The summed E-state index contributed by atoms with van der Waals surface area (Å²) in [6.07, 6.45) is 0.838. The zero-order valence-corrected chi connectivity index (χ0v) is 14.2. The smallest absolute Gasteiger partial charge is 0.255 e. The number of fused-ring (bicyclic) bond motifs is 2. The van der Waals surface area contributed by atoms with Gasteiger partial charge in [-0.15, -0.1) is 25.5 Å². The van der Waals surface area contributed by atoms with Crippen molar-refractivity contribution in [2.45, 2.75) is 34.1 Å². The second kappa shape index (κ2) is 5.05. The fourth-order valence-corrected chi connectivity index (χ4v) is 3.44. The van der Waals surface area contributed by atoms with Gasteiger partial charge < -0.3 is 0 Å². The molecule has 0 aliphatic heterocycles. The van der Waals surface area contributed by atoms with Crippen LogP contribution in [-0.4, -0.2) is 39.4 Å². The van der Waals surface area contributed by atoms with Gasteiger partial charge >= 0.3 is 0 Å². The molecule has 0 unspecified atom stereocenters. The largest absolute Gasteiger partial charge is 0.262 e. The standard InChI is InChI=1S/C14H16N8S/c1-7(2)5-10-16-19-14-22(10)20-12(23-14)11-17-18-13-15-8(3)6-9(4)21(11)13/h6-7H,5H2,1-4H3. The zero-order chi connectivity index (χ0) is 16.1. The van der Waals surface area contributed by atoms with Gasteiger partial charge in [-0.1, -0.05) is 25.2 Å². The summed E-state index contributed by atoms with van der Waals surface area (Å²) in [5, 5.41) is 22.3. The van der Waals surface area contributed by atoms with Crippen LogP contribution in [0.1, 0.15) is 31.1 Å². The lowest BCUT2D eigenvalue weighted by Gasteiger charge is -2.02. The predicted octanol–water partition coefficient (Wildman–Crippen LogP) is 2.11. The van der Waals surface area contributed by atoms with Crippen molar-refractivity contribution in [2.75, 3.05) is 0 Å². The molecule has 118 valence electrons. The molecule has 0 N–H and O–H groups in total. The summed E-state index contributed by atoms with van der Waals surface area (Å²) in [4.78, 5) is 5.18.